The molecule has 0 aliphatic heterocycles. The second kappa shape index (κ2) is 13.7. The first-order valence-electron chi connectivity index (χ1n) is 18.3. The standard InChI is InChI=1S/C39H74O3Si2/c1-28(18-16-24-38(9,10)40)33-22-23-34-30(19-17-25-39(33,34)11)20-21-31-26-32(41-43(12,13)36(3,4)5)27-35(29(31)2)42-44(14,15)37(6,7)8/h21,28,30,32-35,40H,2,16-20,22-27H2,1,3-15H3. The van der Waals surface area contributed by atoms with Crippen molar-refractivity contribution >= 4 is 16.6 Å². The normalized spacial score (nSPS) is 32.7. The third-order valence-corrected chi connectivity index (χ3v) is 22.4. The fraction of sp³-hybridized carbons (Fsp3) is 0.897. The van der Waals surface area contributed by atoms with E-state index in [4.69, 9.17) is 15.4 Å². The second-order valence-electron chi connectivity index (χ2n) is 19.4. The smallest absolute Gasteiger partial charge is 0.192 e. The van der Waals surface area contributed by atoms with Gasteiger partial charge >= 0.3 is 0 Å². The number of allylic oxidation sites excluding steroid dienone is 1. The SMILES string of the molecule is C=C1C(=CCC2CCCC3(C)C(C(C)CCCC(C)(C)O)CCC23)CC(O[Si](C)(C)C(C)(C)C)CC1O[Si](C)(C)C(C)(C)C. The zero-order valence-electron chi connectivity index (χ0n) is 31.8. The largest absolute Gasteiger partial charge is 0.413 e. The van der Waals surface area contributed by atoms with Gasteiger partial charge in [0.15, 0.2) is 16.6 Å². The van der Waals surface area contributed by atoms with E-state index < -0.39 is 22.2 Å². The topological polar surface area (TPSA) is 38.7 Å². The van der Waals surface area contributed by atoms with Crippen LogP contribution < -0.4 is 0 Å². The van der Waals surface area contributed by atoms with E-state index in [1.807, 2.05) is 13.8 Å². The van der Waals surface area contributed by atoms with Crippen LogP contribution in [0.2, 0.25) is 36.3 Å². The lowest BCUT2D eigenvalue weighted by molar-refractivity contribution is 0.0259. The van der Waals surface area contributed by atoms with Crippen LogP contribution in [-0.4, -0.2) is 39.6 Å². The number of rotatable bonds is 11. The molecule has 3 rings (SSSR count). The number of hydrogen-bond acceptors (Lipinski definition) is 3. The molecule has 3 aliphatic carbocycles. The van der Waals surface area contributed by atoms with Crippen molar-refractivity contribution < 1.29 is 14.0 Å². The van der Waals surface area contributed by atoms with Gasteiger partial charge in [-0.1, -0.05) is 87.3 Å². The Kier molecular flexibility index (Phi) is 11.9. The molecular formula is C39H74O3Si2. The van der Waals surface area contributed by atoms with Crippen LogP contribution in [0.5, 0.6) is 0 Å². The Bertz CT molecular complexity index is 1010. The first-order valence-corrected chi connectivity index (χ1v) is 24.2. The highest BCUT2D eigenvalue weighted by molar-refractivity contribution is 6.74. The molecule has 5 heteroatoms. The predicted molar refractivity (Wildman–Crippen MR) is 196 cm³/mol. The van der Waals surface area contributed by atoms with Gasteiger partial charge < -0.3 is 14.0 Å². The fourth-order valence-electron chi connectivity index (χ4n) is 8.55. The molecule has 0 aromatic rings. The Balaban J connectivity index is 1.79. The van der Waals surface area contributed by atoms with Crippen molar-refractivity contribution in [3.63, 3.8) is 0 Å². The molecule has 0 aromatic heterocycles. The van der Waals surface area contributed by atoms with Crippen molar-refractivity contribution in [3.8, 4) is 0 Å². The first-order chi connectivity index (χ1) is 19.9. The highest BCUT2D eigenvalue weighted by Gasteiger charge is 2.52. The van der Waals surface area contributed by atoms with Crippen LogP contribution in [0.3, 0.4) is 0 Å². The van der Waals surface area contributed by atoms with Crippen molar-refractivity contribution in [1.82, 2.24) is 0 Å². The van der Waals surface area contributed by atoms with Gasteiger partial charge in [0, 0.05) is 6.42 Å². The van der Waals surface area contributed by atoms with Crippen LogP contribution in [0, 0.1) is 29.1 Å². The first kappa shape index (κ1) is 38.2. The molecule has 3 aliphatic rings. The summed E-state index contributed by atoms with van der Waals surface area (Å²) in [6, 6.07) is 0. The molecule has 0 bridgehead atoms. The highest BCUT2D eigenvalue weighted by atomic mass is 28.4. The molecular weight excluding hydrogens is 573 g/mol. The molecule has 3 fully saturated rings. The van der Waals surface area contributed by atoms with E-state index in [-0.39, 0.29) is 22.3 Å². The van der Waals surface area contributed by atoms with Gasteiger partial charge in [-0.25, -0.2) is 0 Å². The summed E-state index contributed by atoms with van der Waals surface area (Å²) in [5.74, 6) is 3.15. The summed E-state index contributed by atoms with van der Waals surface area (Å²) in [5, 5.41) is 10.6. The van der Waals surface area contributed by atoms with Gasteiger partial charge in [-0.2, -0.15) is 0 Å². The van der Waals surface area contributed by atoms with Crippen molar-refractivity contribution in [2.45, 2.75) is 194 Å². The van der Waals surface area contributed by atoms with Crippen LogP contribution in [0.1, 0.15) is 140 Å². The molecule has 0 radical (unpaired) electrons. The van der Waals surface area contributed by atoms with Crippen LogP contribution >= 0.6 is 0 Å². The van der Waals surface area contributed by atoms with E-state index in [9.17, 15) is 5.11 Å². The van der Waals surface area contributed by atoms with Gasteiger partial charge in [0.2, 0.25) is 0 Å². The summed E-state index contributed by atoms with van der Waals surface area (Å²) < 4.78 is 14.2. The van der Waals surface area contributed by atoms with E-state index >= 15 is 0 Å². The molecule has 7 atom stereocenters. The van der Waals surface area contributed by atoms with E-state index in [0.717, 1.165) is 49.4 Å². The summed E-state index contributed by atoms with van der Waals surface area (Å²) in [6.45, 7) is 37.4. The Morgan fingerprint density at radius 1 is 0.955 bits per heavy atom. The number of hydrogen-bond donors (Lipinski definition) is 1. The Hall–Kier alpha value is -0.206. The lowest BCUT2D eigenvalue weighted by Crippen LogP contribution is -2.49. The minimum atomic E-state index is -1.96. The van der Waals surface area contributed by atoms with Crippen molar-refractivity contribution in [2.75, 3.05) is 0 Å². The predicted octanol–water partition coefficient (Wildman–Crippen LogP) is 11.8. The van der Waals surface area contributed by atoms with E-state index in [1.54, 1.807) is 0 Å². The summed E-state index contributed by atoms with van der Waals surface area (Å²) >= 11 is 0. The van der Waals surface area contributed by atoms with Gasteiger partial charge in [-0.3, -0.25) is 0 Å². The zero-order chi connectivity index (χ0) is 33.5. The van der Waals surface area contributed by atoms with Crippen molar-refractivity contribution in [3.05, 3.63) is 23.8 Å². The zero-order valence-corrected chi connectivity index (χ0v) is 33.8. The van der Waals surface area contributed by atoms with Crippen LogP contribution in [-0.2, 0) is 8.85 Å². The fourth-order valence-corrected chi connectivity index (χ4v) is 11.2. The summed E-state index contributed by atoms with van der Waals surface area (Å²) in [4.78, 5) is 0. The van der Waals surface area contributed by atoms with Gasteiger partial charge in [0.1, 0.15) is 0 Å². The second-order valence-corrected chi connectivity index (χ2v) is 28.9. The van der Waals surface area contributed by atoms with Gasteiger partial charge in [0.25, 0.3) is 0 Å². The molecule has 3 nitrogen and oxygen atoms in total. The molecule has 0 aromatic carbocycles. The van der Waals surface area contributed by atoms with Crippen molar-refractivity contribution in [1.29, 1.82) is 0 Å². The minimum absolute atomic E-state index is 0.0582. The molecule has 44 heavy (non-hydrogen) atoms. The Morgan fingerprint density at radius 3 is 2.11 bits per heavy atom. The molecule has 0 spiro atoms. The quantitative estimate of drug-likeness (QED) is 0.227. The van der Waals surface area contributed by atoms with Crippen molar-refractivity contribution in [2.24, 2.45) is 29.1 Å². The third kappa shape index (κ3) is 9.02. The number of aliphatic hydroxyl groups is 1. The van der Waals surface area contributed by atoms with Gasteiger partial charge in [0.05, 0.1) is 17.8 Å². The molecule has 3 saturated carbocycles. The average molecular weight is 647 g/mol. The summed E-state index contributed by atoms with van der Waals surface area (Å²) in [6.07, 6.45) is 16.1. The lowest BCUT2D eigenvalue weighted by atomic mass is 9.58. The third-order valence-electron chi connectivity index (χ3n) is 13.4. The molecule has 0 saturated heterocycles. The monoisotopic (exact) mass is 647 g/mol. The molecule has 256 valence electrons. The number of fused-ring (bicyclic) bond motifs is 1. The maximum Gasteiger partial charge on any atom is 0.192 e. The van der Waals surface area contributed by atoms with E-state index in [0.29, 0.717) is 5.41 Å². The maximum absolute atomic E-state index is 10.2. The molecule has 0 amide bonds. The van der Waals surface area contributed by atoms with E-state index in [1.165, 1.54) is 56.1 Å². The average Bonchev–Trinajstić information content (AvgIpc) is 3.20. The van der Waals surface area contributed by atoms with Crippen LogP contribution in [0.4, 0.5) is 0 Å². The highest BCUT2D eigenvalue weighted by Crippen LogP contribution is 2.61. The Morgan fingerprint density at radius 2 is 1.55 bits per heavy atom. The lowest BCUT2D eigenvalue weighted by Gasteiger charge is -2.47. The Labute approximate surface area is 276 Å². The molecule has 1 N–H and O–H groups in total. The van der Waals surface area contributed by atoms with Gasteiger partial charge in [-0.15, -0.1) is 0 Å². The van der Waals surface area contributed by atoms with Gasteiger partial charge in [-0.05, 0) is 135 Å². The van der Waals surface area contributed by atoms with E-state index in [2.05, 4.69) is 87.7 Å². The van der Waals surface area contributed by atoms with Crippen LogP contribution in [0.15, 0.2) is 23.8 Å². The maximum atomic E-state index is 10.2. The van der Waals surface area contributed by atoms with Crippen LogP contribution in [0.25, 0.3) is 0 Å². The summed E-state index contributed by atoms with van der Waals surface area (Å²) in [7, 11) is -3.86. The molecule has 7 unspecified atom stereocenters. The molecule has 0 heterocycles. The summed E-state index contributed by atoms with van der Waals surface area (Å²) in [5.41, 5.74) is 2.57. The minimum Gasteiger partial charge on any atom is -0.413 e.